The summed E-state index contributed by atoms with van der Waals surface area (Å²) >= 11 is 2.30. The van der Waals surface area contributed by atoms with Gasteiger partial charge in [0.1, 0.15) is 0 Å². The SMILES string of the molecule is Cc1ccc(NC(C)c2ccc(C)c([N+](=O)[O-])c2)cc1I. The van der Waals surface area contributed by atoms with E-state index in [1.54, 1.807) is 19.1 Å². The van der Waals surface area contributed by atoms with Crippen LogP contribution in [0.15, 0.2) is 36.4 Å². The molecule has 0 aliphatic heterocycles. The van der Waals surface area contributed by atoms with Gasteiger partial charge in [-0.25, -0.2) is 0 Å². The number of hydrogen-bond donors (Lipinski definition) is 1. The highest BCUT2D eigenvalue weighted by Gasteiger charge is 2.14. The quantitative estimate of drug-likeness (QED) is 0.450. The summed E-state index contributed by atoms with van der Waals surface area (Å²) in [5.41, 5.74) is 4.00. The van der Waals surface area contributed by atoms with Crippen molar-refractivity contribution in [1.82, 2.24) is 0 Å². The maximum absolute atomic E-state index is 11.0. The van der Waals surface area contributed by atoms with Gasteiger partial charge in [-0.2, -0.15) is 0 Å². The van der Waals surface area contributed by atoms with Crippen molar-refractivity contribution >= 4 is 34.0 Å². The topological polar surface area (TPSA) is 55.2 Å². The fraction of sp³-hybridized carbons (Fsp3) is 0.250. The Morgan fingerprint density at radius 3 is 2.43 bits per heavy atom. The van der Waals surface area contributed by atoms with Crippen molar-refractivity contribution in [3.63, 3.8) is 0 Å². The molecule has 2 rings (SSSR count). The lowest BCUT2D eigenvalue weighted by molar-refractivity contribution is -0.385. The minimum absolute atomic E-state index is 0.00260. The first-order valence-electron chi connectivity index (χ1n) is 6.66. The second kappa shape index (κ2) is 6.43. The average Bonchev–Trinajstić information content (AvgIpc) is 2.43. The summed E-state index contributed by atoms with van der Waals surface area (Å²) in [4.78, 5) is 10.7. The number of nitro groups is 1. The molecule has 0 aliphatic carbocycles. The number of rotatable bonds is 4. The summed E-state index contributed by atoms with van der Waals surface area (Å²) in [6.45, 7) is 5.82. The van der Waals surface area contributed by atoms with E-state index in [0.717, 1.165) is 11.3 Å². The standard InChI is InChI=1S/C16H17IN2O2/c1-10-5-7-14(9-15(10)17)18-12(3)13-6-4-11(2)16(8-13)19(20)21/h4-9,12,18H,1-3H3. The van der Waals surface area contributed by atoms with Crippen LogP contribution >= 0.6 is 22.6 Å². The molecule has 0 saturated heterocycles. The molecule has 0 saturated carbocycles. The molecule has 0 bridgehead atoms. The van der Waals surface area contributed by atoms with Crippen LogP contribution in [0.25, 0.3) is 0 Å². The highest BCUT2D eigenvalue weighted by molar-refractivity contribution is 14.1. The van der Waals surface area contributed by atoms with Crippen LogP contribution in [0.3, 0.4) is 0 Å². The zero-order chi connectivity index (χ0) is 15.6. The van der Waals surface area contributed by atoms with Gasteiger partial charge >= 0.3 is 0 Å². The summed E-state index contributed by atoms with van der Waals surface area (Å²) in [6.07, 6.45) is 0. The van der Waals surface area contributed by atoms with Crippen LogP contribution in [0.5, 0.6) is 0 Å². The van der Waals surface area contributed by atoms with Crippen molar-refractivity contribution < 1.29 is 4.92 Å². The summed E-state index contributed by atoms with van der Waals surface area (Å²) in [7, 11) is 0. The van der Waals surface area contributed by atoms with Gasteiger partial charge in [0, 0.05) is 26.9 Å². The van der Waals surface area contributed by atoms with Gasteiger partial charge in [0.25, 0.3) is 5.69 Å². The van der Waals surface area contributed by atoms with E-state index in [9.17, 15) is 10.1 Å². The van der Waals surface area contributed by atoms with Crippen LogP contribution in [-0.4, -0.2) is 4.92 Å². The predicted octanol–water partition coefficient (Wildman–Crippen LogP) is 4.99. The molecule has 21 heavy (non-hydrogen) atoms. The summed E-state index contributed by atoms with van der Waals surface area (Å²) in [5.74, 6) is 0. The fourth-order valence-corrected chi connectivity index (χ4v) is 2.62. The molecule has 1 unspecified atom stereocenters. The second-order valence-electron chi connectivity index (χ2n) is 5.13. The van der Waals surface area contributed by atoms with Crippen LogP contribution in [0.1, 0.15) is 29.7 Å². The maximum Gasteiger partial charge on any atom is 0.272 e. The molecule has 0 aromatic heterocycles. The molecule has 1 N–H and O–H groups in total. The zero-order valence-corrected chi connectivity index (χ0v) is 14.3. The van der Waals surface area contributed by atoms with Gasteiger partial charge in [-0.15, -0.1) is 0 Å². The Morgan fingerprint density at radius 1 is 1.14 bits per heavy atom. The number of hydrogen-bond acceptors (Lipinski definition) is 3. The Morgan fingerprint density at radius 2 is 1.81 bits per heavy atom. The van der Waals surface area contributed by atoms with Gasteiger partial charge in [0.05, 0.1) is 4.92 Å². The molecular weight excluding hydrogens is 379 g/mol. The molecule has 2 aromatic rings. The van der Waals surface area contributed by atoms with Crippen LogP contribution in [0.4, 0.5) is 11.4 Å². The number of aryl methyl sites for hydroxylation is 2. The number of nitro benzene ring substituents is 1. The Hall–Kier alpha value is -1.63. The second-order valence-corrected chi connectivity index (χ2v) is 6.30. The van der Waals surface area contributed by atoms with E-state index in [0.29, 0.717) is 5.56 Å². The Kier molecular flexibility index (Phi) is 4.82. The molecule has 0 spiro atoms. The summed E-state index contributed by atoms with van der Waals surface area (Å²) < 4.78 is 1.19. The Labute approximate surface area is 137 Å². The maximum atomic E-state index is 11.0. The van der Waals surface area contributed by atoms with Gasteiger partial charge in [-0.1, -0.05) is 18.2 Å². The van der Waals surface area contributed by atoms with Gasteiger partial charge in [-0.05, 0) is 66.6 Å². The van der Waals surface area contributed by atoms with E-state index in [4.69, 9.17) is 0 Å². The van der Waals surface area contributed by atoms with Crippen molar-refractivity contribution in [3.8, 4) is 0 Å². The molecular formula is C16H17IN2O2. The van der Waals surface area contributed by atoms with Gasteiger partial charge in [0.2, 0.25) is 0 Å². The molecule has 0 heterocycles. The van der Waals surface area contributed by atoms with Crippen LogP contribution in [0.2, 0.25) is 0 Å². The highest BCUT2D eigenvalue weighted by Crippen LogP contribution is 2.26. The molecule has 4 nitrogen and oxygen atoms in total. The van der Waals surface area contributed by atoms with E-state index in [-0.39, 0.29) is 16.7 Å². The predicted molar refractivity (Wildman–Crippen MR) is 93.8 cm³/mol. The van der Waals surface area contributed by atoms with Crippen molar-refractivity contribution in [2.75, 3.05) is 5.32 Å². The Bertz CT molecular complexity index is 686. The molecule has 1 atom stereocenters. The molecule has 0 radical (unpaired) electrons. The zero-order valence-electron chi connectivity index (χ0n) is 12.2. The molecule has 110 valence electrons. The van der Waals surface area contributed by atoms with E-state index in [1.807, 2.05) is 19.1 Å². The van der Waals surface area contributed by atoms with Gasteiger partial charge in [-0.3, -0.25) is 10.1 Å². The third-order valence-electron chi connectivity index (χ3n) is 3.48. The van der Waals surface area contributed by atoms with E-state index < -0.39 is 0 Å². The first-order chi connectivity index (χ1) is 9.88. The van der Waals surface area contributed by atoms with Crippen molar-refractivity contribution in [2.45, 2.75) is 26.8 Å². The van der Waals surface area contributed by atoms with Crippen molar-refractivity contribution in [2.24, 2.45) is 0 Å². The average molecular weight is 396 g/mol. The van der Waals surface area contributed by atoms with Crippen LogP contribution < -0.4 is 5.32 Å². The van der Waals surface area contributed by atoms with Crippen LogP contribution in [-0.2, 0) is 0 Å². The molecule has 0 amide bonds. The first-order valence-corrected chi connectivity index (χ1v) is 7.74. The third-order valence-corrected chi connectivity index (χ3v) is 4.65. The van der Waals surface area contributed by atoms with E-state index in [2.05, 4.69) is 47.0 Å². The lowest BCUT2D eigenvalue weighted by Gasteiger charge is -2.16. The normalized spacial score (nSPS) is 12.0. The highest BCUT2D eigenvalue weighted by atomic mass is 127. The Balaban J connectivity index is 2.23. The van der Waals surface area contributed by atoms with Crippen molar-refractivity contribution in [1.29, 1.82) is 0 Å². The largest absolute Gasteiger partial charge is 0.378 e. The molecule has 5 heteroatoms. The fourth-order valence-electron chi connectivity index (χ4n) is 2.11. The third kappa shape index (κ3) is 3.72. The number of benzene rings is 2. The number of halogens is 1. The van der Waals surface area contributed by atoms with Gasteiger partial charge in [0.15, 0.2) is 0 Å². The van der Waals surface area contributed by atoms with Crippen molar-refractivity contribution in [3.05, 3.63) is 66.8 Å². The minimum Gasteiger partial charge on any atom is -0.378 e. The lowest BCUT2D eigenvalue weighted by Crippen LogP contribution is -2.07. The van der Waals surface area contributed by atoms with Crippen LogP contribution in [0, 0.1) is 27.5 Å². The molecule has 0 fully saturated rings. The molecule has 2 aromatic carbocycles. The number of nitrogens with one attached hydrogen (secondary N) is 1. The molecule has 0 aliphatic rings. The number of anilines is 1. The summed E-state index contributed by atoms with van der Waals surface area (Å²) in [5, 5.41) is 14.4. The lowest BCUT2D eigenvalue weighted by atomic mass is 10.0. The van der Waals surface area contributed by atoms with E-state index >= 15 is 0 Å². The monoisotopic (exact) mass is 396 g/mol. The number of nitrogens with zero attached hydrogens (tertiary/aromatic N) is 1. The smallest absolute Gasteiger partial charge is 0.272 e. The first kappa shape index (κ1) is 15.8. The van der Waals surface area contributed by atoms with Gasteiger partial charge < -0.3 is 5.32 Å². The minimum atomic E-state index is -0.333. The summed E-state index contributed by atoms with van der Waals surface area (Å²) in [6, 6.07) is 11.5. The van der Waals surface area contributed by atoms with E-state index in [1.165, 1.54) is 9.13 Å².